The molecule has 5 atom stereocenters. The Morgan fingerprint density at radius 1 is 1.38 bits per heavy atom. The van der Waals surface area contributed by atoms with Gasteiger partial charge in [-0.2, -0.15) is 0 Å². The van der Waals surface area contributed by atoms with E-state index in [4.69, 9.17) is 9.47 Å². The number of methoxy groups -OCH3 is 1. The van der Waals surface area contributed by atoms with Gasteiger partial charge in [0.15, 0.2) is 0 Å². The van der Waals surface area contributed by atoms with E-state index in [-0.39, 0.29) is 11.9 Å². The van der Waals surface area contributed by atoms with Gasteiger partial charge in [-0.05, 0) is 37.6 Å². The van der Waals surface area contributed by atoms with E-state index in [1.807, 2.05) is 13.0 Å². The van der Waals surface area contributed by atoms with E-state index in [0.29, 0.717) is 17.9 Å². The van der Waals surface area contributed by atoms with Gasteiger partial charge in [0, 0.05) is 17.6 Å². The van der Waals surface area contributed by atoms with Gasteiger partial charge in [0.05, 0.1) is 25.2 Å². The van der Waals surface area contributed by atoms with Crippen molar-refractivity contribution in [3.63, 3.8) is 0 Å². The van der Waals surface area contributed by atoms with Crippen molar-refractivity contribution in [3.05, 3.63) is 48.6 Å². The predicted octanol–water partition coefficient (Wildman–Crippen LogP) is 1.07. The lowest BCUT2D eigenvalue weighted by Crippen LogP contribution is -2.46. The first-order chi connectivity index (χ1) is 12.4. The van der Waals surface area contributed by atoms with Gasteiger partial charge in [-0.15, -0.1) is 6.58 Å². The number of hydrogen-bond acceptors (Lipinski definition) is 5. The summed E-state index contributed by atoms with van der Waals surface area (Å²) in [6.45, 7) is 5.87. The standard InChI is InChI=1S/C20H21NO5/c1-11(2)10-15-20-9-8-14(26-20)16(19(23)24)17(20)18(22)21(15)12-4-6-13(25-3)7-5-12/h4-9,14-17H,1,10H2,2-3H3,(H,23,24)/p-1/t14-,15+,16-,17+,20+/m0/s1. The molecule has 3 aliphatic rings. The molecule has 3 aliphatic heterocycles. The van der Waals surface area contributed by atoms with Crippen LogP contribution in [0.1, 0.15) is 13.3 Å². The number of carboxylic acids is 1. The van der Waals surface area contributed by atoms with Gasteiger partial charge in [0.1, 0.15) is 11.4 Å². The zero-order valence-electron chi connectivity index (χ0n) is 14.7. The van der Waals surface area contributed by atoms with Crippen molar-refractivity contribution in [1.29, 1.82) is 0 Å². The van der Waals surface area contributed by atoms with Gasteiger partial charge < -0.3 is 24.3 Å². The Morgan fingerprint density at radius 3 is 2.65 bits per heavy atom. The van der Waals surface area contributed by atoms with Crippen molar-refractivity contribution in [2.24, 2.45) is 11.8 Å². The number of hydrogen-bond donors (Lipinski definition) is 0. The molecule has 6 nitrogen and oxygen atoms in total. The van der Waals surface area contributed by atoms with E-state index in [0.717, 1.165) is 5.57 Å². The largest absolute Gasteiger partial charge is 0.550 e. The van der Waals surface area contributed by atoms with Crippen molar-refractivity contribution in [2.45, 2.75) is 31.1 Å². The van der Waals surface area contributed by atoms with Crippen LogP contribution in [0.25, 0.3) is 0 Å². The lowest BCUT2D eigenvalue weighted by molar-refractivity contribution is -0.313. The summed E-state index contributed by atoms with van der Waals surface area (Å²) in [6, 6.07) is 6.79. The van der Waals surface area contributed by atoms with Crippen molar-refractivity contribution in [1.82, 2.24) is 0 Å². The zero-order valence-corrected chi connectivity index (χ0v) is 14.7. The van der Waals surface area contributed by atoms with E-state index in [2.05, 4.69) is 6.58 Å². The third-order valence-corrected chi connectivity index (χ3v) is 5.59. The van der Waals surface area contributed by atoms with E-state index in [1.54, 1.807) is 42.4 Å². The Bertz CT molecular complexity index is 814. The molecule has 1 amide bonds. The van der Waals surface area contributed by atoms with Crippen LogP contribution in [0.4, 0.5) is 5.69 Å². The van der Waals surface area contributed by atoms with Crippen molar-refractivity contribution < 1.29 is 24.2 Å². The monoisotopic (exact) mass is 354 g/mol. The Labute approximate surface area is 151 Å². The summed E-state index contributed by atoms with van der Waals surface area (Å²) < 4.78 is 11.3. The molecule has 1 aromatic carbocycles. The minimum Gasteiger partial charge on any atom is -0.550 e. The smallest absolute Gasteiger partial charge is 0.234 e. The number of rotatable bonds is 5. The Kier molecular flexibility index (Phi) is 3.70. The molecule has 2 saturated heterocycles. The van der Waals surface area contributed by atoms with Crippen LogP contribution in [0.3, 0.4) is 0 Å². The molecule has 0 aliphatic carbocycles. The van der Waals surface area contributed by atoms with E-state index < -0.39 is 29.5 Å². The summed E-state index contributed by atoms with van der Waals surface area (Å²) in [5.41, 5.74) is 0.628. The van der Waals surface area contributed by atoms with Crippen molar-refractivity contribution in [3.8, 4) is 5.75 Å². The fraction of sp³-hybridized carbons (Fsp3) is 0.400. The Morgan fingerprint density at radius 2 is 2.08 bits per heavy atom. The van der Waals surface area contributed by atoms with Crippen molar-refractivity contribution >= 4 is 17.6 Å². The number of fused-ring (bicyclic) bond motifs is 1. The fourth-order valence-electron chi connectivity index (χ4n) is 4.55. The lowest BCUT2D eigenvalue weighted by atomic mass is 9.74. The minimum atomic E-state index is -1.25. The molecule has 26 heavy (non-hydrogen) atoms. The summed E-state index contributed by atoms with van der Waals surface area (Å²) in [5, 5.41) is 11.7. The van der Waals surface area contributed by atoms with E-state index in [1.165, 1.54) is 0 Å². The SMILES string of the molecule is C=C(C)C[C@H]1N(c2ccc(OC)cc2)C(=O)[C@H]2[C@@H](C(=O)[O-])[C@@H]3C=C[C@]21O3. The second-order valence-electron chi connectivity index (χ2n) is 7.20. The first-order valence-corrected chi connectivity index (χ1v) is 8.58. The molecule has 2 fully saturated rings. The molecular weight excluding hydrogens is 334 g/mol. The molecule has 1 spiro atoms. The quantitative estimate of drug-likeness (QED) is 0.739. The minimum absolute atomic E-state index is 0.248. The summed E-state index contributed by atoms with van der Waals surface area (Å²) in [6.07, 6.45) is 3.51. The number of carboxylic acid groups (broad SMARTS) is 1. The van der Waals surface area contributed by atoms with E-state index >= 15 is 0 Å². The normalized spacial score (nSPS) is 34.2. The molecule has 1 aromatic rings. The Balaban J connectivity index is 1.81. The maximum Gasteiger partial charge on any atom is 0.234 e. The van der Waals surface area contributed by atoms with Crippen LogP contribution in [-0.4, -0.2) is 36.7 Å². The summed E-state index contributed by atoms with van der Waals surface area (Å²) in [5.74, 6) is -2.56. The van der Waals surface area contributed by atoms with Gasteiger partial charge in [-0.1, -0.05) is 17.7 Å². The number of carbonyl (C=O) groups excluding carboxylic acids is 2. The molecule has 4 rings (SSSR count). The number of amides is 1. The predicted molar refractivity (Wildman–Crippen MR) is 92.4 cm³/mol. The highest BCUT2D eigenvalue weighted by Crippen LogP contribution is 2.56. The molecule has 2 bridgehead atoms. The highest BCUT2D eigenvalue weighted by atomic mass is 16.5. The molecule has 0 radical (unpaired) electrons. The van der Waals surface area contributed by atoms with Gasteiger partial charge in [0.25, 0.3) is 0 Å². The number of ether oxygens (including phenoxy) is 2. The first-order valence-electron chi connectivity index (χ1n) is 8.58. The molecule has 0 aromatic heterocycles. The van der Waals surface area contributed by atoms with Crippen LogP contribution in [0, 0.1) is 11.8 Å². The van der Waals surface area contributed by atoms with Gasteiger partial charge in [-0.3, -0.25) is 4.79 Å². The van der Waals surface area contributed by atoms with Crippen LogP contribution in [0.5, 0.6) is 5.75 Å². The topological polar surface area (TPSA) is 78.9 Å². The van der Waals surface area contributed by atoms with Crippen molar-refractivity contribution in [2.75, 3.05) is 12.0 Å². The lowest BCUT2D eigenvalue weighted by Gasteiger charge is -2.33. The highest BCUT2D eigenvalue weighted by Gasteiger charge is 2.69. The summed E-state index contributed by atoms with van der Waals surface area (Å²) >= 11 is 0. The number of carbonyl (C=O) groups is 2. The zero-order chi connectivity index (χ0) is 18.6. The third-order valence-electron chi connectivity index (χ3n) is 5.59. The molecule has 136 valence electrons. The molecular formula is C20H20NO5-. The van der Waals surface area contributed by atoms with Crippen LogP contribution < -0.4 is 14.7 Å². The highest BCUT2D eigenvalue weighted by molar-refractivity contribution is 6.03. The third kappa shape index (κ3) is 2.15. The average molecular weight is 354 g/mol. The van der Waals surface area contributed by atoms with Crippen LogP contribution in [0.15, 0.2) is 48.6 Å². The first kappa shape index (κ1) is 16.8. The van der Waals surface area contributed by atoms with Crippen LogP contribution in [0.2, 0.25) is 0 Å². The van der Waals surface area contributed by atoms with Gasteiger partial charge in [0.2, 0.25) is 5.91 Å². The maximum atomic E-state index is 13.3. The molecule has 6 heteroatoms. The fourth-order valence-corrected chi connectivity index (χ4v) is 4.55. The number of nitrogens with zero attached hydrogens (tertiary/aromatic N) is 1. The summed E-state index contributed by atoms with van der Waals surface area (Å²) in [7, 11) is 1.57. The second-order valence-corrected chi connectivity index (χ2v) is 7.20. The second kappa shape index (κ2) is 5.71. The van der Waals surface area contributed by atoms with E-state index in [9.17, 15) is 14.7 Å². The van der Waals surface area contributed by atoms with Gasteiger partial charge in [-0.25, -0.2) is 0 Å². The van der Waals surface area contributed by atoms with Crippen LogP contribution in [-0.2, 0) is 14.3 Å². The number of anilines is 1. The van der Waals surface area contributed by atoms with Crippen LogP contribution >= 0.6 is 0 Å². The molecule has 0 unspecified atom stereocenters. The van der Waals surface area contributed by atoms with Gasteiger partial charge >= 0.3 is 0 Å². The Hall–Kier alpha value is -2.60. The number of benzene rings is 1. The average Bonchev–Trinajstić information content (AvgIpc) is 3.24. The molecule has 0 saturated carbocycles. The molecule has 3 heterocycles. The summed E-state index contributed by atoms with van der Waals surface area (Å²) in [4.78, 5) is 26.6. The maximum absolute atomic E-state index is 13.3. The molecule has 0 N–H and O–H groups in total. The number of aliphatic carboxylic acids is 1.